The third-order valence-corrected chi connectivity index (χ3v) is 2.10. The predicted octanol–water partition coefficient (Wildman–Crippen LogP) is 3.16. The Kier molecular flexibility index (Phi) is 3.33. The lowest BCUT2D eigenvalue weighted by Crippen LogP contribution is -2.10. The summed E-state index contributed by atoms with van der Waals surface area (Å²) in [5, 5.41) is 8.61. The van der Waals surface area contributed by atoms with Gasteiger partial charge in [-0.1, -0.05) is 0 Å². The summed E-state index contributed by atoms with van der Waals surface area (Å²) < 4.78 is 41.9. The molecule has 0 aliphatic carbocycles. The van der Waals surface area contributed by atoms with Crippen molar-refractivity contribution in [3.05, 3.63) is 48.0 Å². The first kappa shape index (κ1) is 12.8. The molecule has 0 amide bonds. The molecule has 96 valence electrons. The molecule has 0 bridgehead atoms. The maximum atomic E-state index is 12.2. The van der Waals surface area contributed by atoms with Crippen LogP contribution in [0.3, 0.4) is 0 Å². The van der Waals surface area contributed by atoms with Gasteiger partial charge >= 0.3 is 6.18 Å². The SMILES string of the molecule is N#Cc1ccc(Oc2cnc(C(F)(F)F)nc2)cc1. The van der Waals surface area contributed by atoms with Gasteiger partial charge in [0.25, 0.3) is 0 Å². The van der Waals surface area contributed by atoms with Crippen LogP contribution in [0.25, 0.3) is 0 Å². The van der Waals surface area contributed by atoms with Gasteiger partial charge in [-0.3, -0.25) is 0 Å². The maximum absolute atomic E-state index is 12.2. The second kappa shape index (κ2) is 4.94. The summed E-state index contributed by atoms with van der Waals surface area (Å²) in [5.41, 5.74) is 0.455. The molecule has 0 aliphatic heterocycles. The van der Waals surface area contributed by atoms with E-state index in [0.29, 0.717) is 11.3 Å². The van der Waals surface area contributed by atoms with Gasteiger partial charge in [-0.2, -0.15) is 18.4 Å². The Bertz CT molecular complexity index is 600. The van der Waals surface area contributed by atoms with Crippen LogP contribution in [0.5, 0.6) is 11.5 Å². The monoisotopic (exact) mass is 265 g/mol. The Balaban J connectivity index is 2.13. The smallest absolute Gasteiger partial charge is 0.451 e. The van der Waals surface area contributed by atoms with E-state index in [4.69, 9.17) is 10.00 Å². The number of benzene rings is 1. The third-order valence-electron chi connectivity index (χ3n) is 2.10. The lowest BCUT2D eigenvalue weighted by atomic mass is 10.2. The normalized spacial score (nSPS) is 10.8. The lowest BCUT2D eigenvalue weighted by Gasteiger charge is -2.07. The van der Waals surface area contributed by atoms with Crippen LogP contribution in [0.15, 0.2) is 36.7 Å². The van der Waals surface area contributed by atoms with Gasteiger partial charge in [-0.05, 0) is 24.3 Å². The Morgan fingerprint density at radius 3 is 2.05 bits per heavy atom. The molecule has 1 aromatic heterocycles. The number of rotatable bonds is 2. The molecule has 0 saturated carbocycles. The van der Waals surface area contributed by atoms with Crippen LogP contribution in [-0.2, 0) is 6.18 Å². The van der Waals surface area contributed by atoms with Gasteiger partial charge in [0.15, 0.2) is 5.75 Å². The highest BCUT2D eigenvalue weighted by Gasteiger charge is 2.34. The second-order valence-electron chi connectivity index (χ2n) is 3.48. The van der Waals surface area contributed by atoms with E-state index in [9.17, 15) is 13.2 Å². The number of nitriles is 1. The second-order valence-corrected chi connectivity index (χ2v) is 3.48. The van der Waals surface area contributed by atoms with E-state index in [1.807, 2.05) is 6.07 Å². The van der Waals surface area contributed by atoms with Crippen molar-refractivity contribution in [2.45, 2.75) is 6.18 Å². The van der Waals surface area contributed by atoms with Crippen LogP contribution in [0.1, 0.15) is 11.4 Å². The van der Waals surface area contributed by atoms with Gasteiger partial charge in [0.1, 0.15) is 5.75 Å². The van der Waals surface area contributed by atoms with Gasteiger partial charge in [0, 0.05) is 0 Å². The zero-order valence-electron chi connectivity index (χ0n) is 9.35. The molecular formula is C12H6F3N3O. The van der Waals surface area contributed by atoms with Crippen LogP contribution >= 0.6 is 0 Å². The van der Waals surface area contributed by atoms with Crippen molar-refractivity contribution in [1.82, 2.24) is 9.97 Å². The summed E-state index contributed by atoms with van der Waals surface area (Å²) in [5.74, 6) is -0.764. The predicted molar refractivity (Wildman–Crippen MR) is 58.3 cm³/mol. The molecular weight excluding hydrogens is 259 g/mol. The standard InChI is InChI=1S/C12H6F3N3O/c13-12(14,15)11-17-6-10(7-18-11)19-9-3-1-8(5-16)2-4-9/h1-4,6-7H. The van der Waals surface area contributed by atoms with Gasteiger partial charge in [0.05, 0.1) is 24.0 Å². The Hall–Kier alpha value is -2.62. The van der Waals surface area contributed by atoms with E-state index in [-0.39, 0.29) is 5.75 Å². The van der Waals surface area contributed by atoms with E-state index in [1.54, 1.807) is 0 Å². The van der Waals surface area contributed by atoms with Crippen LogP contribution in [0.2, 0.25) is 0 Å². The summed E-state index contributed by atoms with van der Waals surface area (Å²) in [6.45, 7) is 0. The summed E-state index contributed by atoms with van der Waals surface area (Å²) in [7, 11) is 0. The van der Waals surface area contributed by atoms with Gasteiger partial charge in [-0.15, -0.1) is 0 Å². The first-order valence-electron chi connectivity index (χ1n) is 5.06. The fraction of sp³-hybridized carbons (Fsp3) is 0.0833. The number of hydrogen-bond acceptors (Lipinski definition) is 4. The van der Waals surface area contributed by atoms with Gasteiger partial charge in [0.2, 0.25) is 5.82 Å². The Labute approximate surface area is 106 Å². The first-order chi connectivity index (χ1) is 8.99. The zero-order chi connectivity index (χ0) is 13.9. The summed E-state index contributed by atoms with van der Waals surface area (Å²) in [4.78, 5) is 6.33. The number of ether oxygens (including phenoxy) is 1. The van der Waals surface area contributed by atoms with E-state index >= 15 is 0 Å². The average molecular weight is 265 g/mol. The highest BCUT2D eigenvalue weighted by atomic mass is 19.4. The molecule has 0 fully saturated rings. The molecule has 19 heavy (non-hydrogen) atoms. The zero-order valence-corrected chi connectivity index (χ0v) is 9.35. The number of alkyl halides is 3. The Morgan fingerprint density at radius 2 is 1.58 bits per heavy atom. The fourth-order valence-corrected chi connectivity index (χ4v) is 1.25. The summed E-state index contributed by atoms with van der Waals surface area (Å²) in [6, 6.07) is 8.04. The van der Waals surface area contributed by atoms with Crippen LogP contribution in [0.4, 0.5) is 13.2 Å². The number of nitrogens with zero attached hydrogens (tertiary/aromatic N) is 3. The molecule has 1 heterocycles. The number of hydrogen-bond donors (Lipinski definition) is 0. The number of halogens is 3. The van der Waals surface area contributed by atoms with Gasteiger partial charge in [-0.25, -0.2) is 9.97 Å². The quantitative estimate of drug-likeness (QED) is 0.836. The van der Waals surface area contributed by atoms with Crippen LogP contribution < -0.4 is 4.74 Å². The minimum atomic E-state index is -4.58. The Morgan fingerprint density at radius 1 is 1.00 bits per heavy atom. The van der Waals surface area contributed by atoms with E-state index in [1.165, 1.54) is 24.3 Å². The van der Waals surface area contributed by atoms with Crippen LogP contribution in [0, 0.1) is 11.3 Å². The van der Waals surface area contributed by atoms with E-state index in [2.05, 4.69) is 9.97 Å². The first-order valence-corrected chi connectivity index (χ1v) is 5.06. The average Bonchev–Trinajstić information content (AvgIpc) is 2.39. The van der Waals surface area contributed by atoms with Crippen molar-refractivity contribution in [3.63, 3.8) is 0 Å². The number of aromatic nitrogens is 2. The molecule has 2 aromatic rings. The largest absolute Gasteiger partial charge is 0.454 e. The minimum absolute atomic E-state index is 0.0812. The minimum Gasteiger partial charge on any atom is -0.454 e. The van der Waals surface area contributed by atoms with Crippen LogP contribution in [-0.4, -0.2) is 9.97 Å². The van der Waals surface area contributed by atoms with Gasteiger partial charge < -0.3 is 4.74 Å². The molecule has 0 atom stereocenters. The van der Waals surface area contributed by atoms with Crippen molar-refractivity contribution < 1.29 is 17.9 Å². The third kappa shape index (κ3) is 3.19. The van der Waals surface area contributed by atoms with Crippen molar-refractivity contribution in [2.24, 2.45) is 0 Å². The summed E-state index contributed by atoms with van der Waals surface area (Å²) in [6.07, 6.45) is -2.70. The molecule has 2 rings (SSSR count). The lowest BCUT2D eigenvalue weighted by molar-refractivity contribution is -0.145. The van der Waals surface area contributed by atoms with E-state index < -0.39 is 12.0 Å². The highest BCUT2D eigenvalue weighted by molar-refractivity contribution is 5.36. The topological polar surface area (TPSA) is 58.8 Å². The molecule has 1 aromatic carbocycles. The maximum Gasteiger partial charge on any atom is 0.451 e. The fourth-order valence-electron chi connectivity index (χ4n) is 1.25. The molecule has 0 spiro atoms. The molecule has 4 nitrogen and oxygen atoms in total. The summed E-state index contributed by atoms with van der Waals surface area (Å²) >= 11 is 0. The van der Waals surface area contributed by atoms with E-state index in [0.717, 1.165) is 12.4 Å². The molecule has 0 radical (unpaired) electrons. The molecule has 0 unspecified atom stereocenters. The molecule has 0 aliphatic rings. The van der Waals surface area contributed by atoms with Crippen molar-refractivity contribution in [2.75, 3.05) is 0 Å². The van der Waals surface area contributed by atoms with Crippen molar-refractivity contribution >= 4 is 0 Å². The van der Waals surface area contributed by atoms with Crippen molar-refractivity contribution in [3.8, 4) is 17.6 Å². The molecule has 0 saturated heterocycles. The van der Waals surface area contributed by atoms with Crippen molar-refractivity contribution in [1.29, 1.82) is 5.26 Å². The molecule has 7 heteroatoms. The molecule has 0 N–H and O–H groups in total. The highest BCUT2D eigenvalue weighted by Crippen LogP contribution is 2.27.